The van der Waals surface area contributed by atoms with Gasteiger partial charge in [-0.3, -0.25) is 4.79 Å². The third-order valence-corrected chi connectivity index (χ3v) is 6.68. The van der Waals surface area contributed by atoms with Gasteiger partial charge in [-0.1, -0.05) is 6.07 Å². The highest BCUT2D eigenvalue weighted by molar-refractivity contribution is 7.09. The van der Waals surface area contributed by atoms with Gasteiger partial charge in [-0.25, -0.2) is 0 Å². The van der Waals surface area contributed by atoms with Crippen LogP contribution in [0, 0.1) is 25.2 Å². The molecule has 1 aliphatic heterocycles. The van der Waals surface area contributed by atoms with Crippen molar-refractivity contribution in [1.29, 1.82) is 5.26 Å². The van der Waals surface area contributed by atoms with Crippen LogP contribution in [-0.2, 0) is 29.2 Å². The molecule has 3 aromatic heterocycles. The quantitative estimate of drug-likeness (QED) is 0.355. The van der Waals surface area contributed by atoms with E-state index in [4.69, 9.17) is 9.15 Å². The maximum atomic E-state index is 13.4. The summed E-state index contributed by atoms with van der Waals surface area (Å²) < 4.78 is 13.5. The molecule has 3 aromatic rings. The summed E-state index contributed by atoms with van der Waals surface area (Å²) in [7, 11) is 0. The van der Waals surface area contributed by atoms with Crippen molar-refractivity contribution in [3.63, 3.8) is 0 Å². The Bertz CT molecular complexity index is 1080. The molecule has 32 heavy (non-hydrogen) atoms. The minimum absolute atomic E-state index is 0.116. The molecule has 0 spiro atoms. The van der Waals surface area contributed by atoms with Gasteiger partial charge >= 0.3 is 0 Å². The van der Waals surface area contributed by atoms with Gasteiger partial charge in [0.05, 0.1) is 25.5 Å². The number of nitriles is 1. The number of carbonyl (C=O) groups excluding carboxylic acids is 1. The summed E-state index contributed by atoms with van der Waals surface area (Å²) in [4.78, 5) is 16.1. The summed E-state index contributed by atoms with van der Waals surface area (Å²) in [6, 6.07) is 11.7. The van der Waals surface area contributed by atoms with E-state index >= 15 is 0 Å². The van der Waals surface area contributed by atoms with Crippen molar-refractivity contribution >= 4 is 23.3 Å². The molecule has 0 aliphatic carbocycles. The van der Waals surface area contributed by atoms with Gasteiger partial charge in [0.15, 0.2) is 0 Å². The number of hydrogen-bond acceptors (Lipinski definition) is 5. The van der Waals surface area contributed by atoms with Crippen molar-refractivity contribution < 1.29 is 13.9 Å². The van der Waals surface area contributed by atoms with E-state index in [0.717, 1.165) is 47.8 Å². The van der Waals surface area contributed by atoms with Crippen LogP contribution in [0.4, 0.5) is 0 Å². The van der Waals surface area contributed by atoms with E-state index in [9.17, 15) is 10.1 Å². The molecule has 4 heterocycles. The molecule has 1 saturated heterocycles. The van der Waals surface area contributed by atoms with Crippen LogP contribution < -0.4 is 0 Å². The Hall–Kier alpha value is -3.08. The Balaban J connectivity index is 1.59. The van der Waals surface area contributed by atoms with Gasteiger partial charge in [-0.15, -0.1) is 11.3 Å². The first-order valence-electron chi connectivity index (χ1n) is 10.8. The standard InChI is InChI=1S/C25H27N3O3S/c1-18-12-20(19(2)28(18)16-23-7-4-10-31-23)13-21(14-26)25(29)27(15-22-6-3-9-30-22)17-24-8-5-11-32-24/h3,5-6,8-9,11-13,23H,4,7,10,15-17H2,1-2H3/b21-13-. The summed E-state index contributed by atoms with van der Waals surface area (Å²) in [5.41, 5.74) is 3.14. The molecule has 1 atom stereocenters. The molecule has 0 aromatic carbocycles. The summed E-state index contributed by atoms with van der Waals surface area (Å²) >= 11 is 1.59. The lowest BCUT2D eigenvalue weighted by atomic mass is 10.1. The third kappa shape index (κ3) is 5.04. The van der Waals surface area contributed by atoms with Gasteiger partial charge in [0, 0.05) is 29.4 Å². The molecular weight excluding hydrogens is 422 g/mol. The van der Waals surface area contributed by atoms with E-state index in [1.54, 1.807) is 34.6 Å². The highest BCUT2D eigenvalue weighted by Gasteiger charge is 2.22. The van der Waals surface area contributed by atoms with Gasteiger partial charge in [0.2, 0.25) is 0 Å². The van der Waals surface area contributed by atoms with Crippen LogP contribution in [0.2, 0.25) is 0 Å². The summed E-state index contributed by atoms with van der Waals surface area (Å²) in [6.45, 7) is 6.42. The minimum atomic E-state index is -0.304. The smallest absolute Gasteiger partial charge is 0.265 e. The van der Waals surface area contributed by atoms with Gasteiger partial charge in [0.25, 0.3) is 5.91 Å². The van der Waals surface area contributed by atoms with Gasteiger partial charge < -0.3 is 18.6 Å². The third-order valence-electron chi connectivity index (χ3n) is 5.81. The lowest BCUT2D eigenvalue weighted by molar-refractivity contribution is -0.128. The summed E-state index contributed by atoms with van der Waals surface area (Å²) in [5.74, 6) is 0.378. The number of furan rings is 1. The Labute approximate surface area is 192 Å². The van der Waals surface area contributed by atoms with E-state index in [0.29, 0.717) is 18.8 Å². The van der Waals surface area contributed by atoms with Crippen LogP contribution in [0.3, 0.4) is 0 Å². The van der Waals surface area contributed by atoms with Crippen LogP contribution in [0.15, 0.2) is 52.0 Å². The molecule has 7 heteroatoms. The molecule has 0 saturated carbocycles. The monoisotopic (exact) mass is 449 g/mol. The Morgan fingerprint density at radius 2 is 2.22 bits per heavy atom. The Kier molecular flexibility index (Phi) is 6.93. The Morgan fingerprint density at radius 1 is 1.34 bits per heavy atom. The molecule has 1 unspecified atom stereocenters. The van der Waals surface area contributed by atoms with Crippen LogP contribution in [-0.4, -0.2) is 28.1 Å². The van der Waals surface area contributed by atoms with Crippen LogP contribution in [0.1, 0.15) is 40.4 Å². The number of rotatable bonds is 8. The molecule has 6 nitrogen and oxygen atoms in total. The second-order valence-electron chi connectivity index (χ2n) is 8.06. The van der Waals surface area contributed by atoms with E-state index in [2.05, 4.69) is 10.6 Å². The van der Waals surface area contributed by atoms with Gasteiger partial charge in [-0.2, -0.15) is 5.26 Å². The van der Waals surface area contributed by atoms with Crippen molar-refractivity contribution in [3.05, 3.63) is 75.1 Å². The lowest BCUT2D eigenvalue weighted by Gasteiger charge is -2.20. The molecule has 166 valence electrons. The van der Waals surface area contributed by atoms with E-state index < -0.39 is 0 Å². The molecule has 0 radical (unpaired) electrons. The number of amides is 1. The first-order chi connectivity index (χ1) is 15.5. The summed E-state index contributed by atoms with van der Waals surface area (Å²) in [6.07, 6.45) is 5.69. The van der Waals surface area contributed by atoms with Gasteiger partial charge in [-0.05, 0) is 68.0 Å². The average molecular weight is 450 g/mol. The molecule has 0 bridgehead atoms. The normalized spacial score (nSPS) is 16.3. The maximum absolute atomic E-state index is 13.4. The van der Waals surface area contributed by atoms with E-state index in [1.165, 1.54) is 0 Å². The maximum Gasteiger partial charge on any atom is 0.265 e. The number of nitrogens with zero attached hydrogens (tertiary/aromatic N) is 3. The van der Waals surface area contributed by atoms with Crippen molar-refractivity contribution in [2.75, 3.05) is 6.61 Å². The number of aryl methyl sites for hydroxylation is 1. The Morgan fingerprint density at radius 3 is 2.88 bits per heavy atom. The fourth-order valence-electron chi connectivity index (χ4n) is 4.10. The summed E-state index contributed by atoms with van der Waals surface area (Å²) in [5, 5.41) is 11.8. The van der Waals surface area contributed by atoms with Crippen molar-refractivity contribution in [2.24, 2.45) is 0 Å². The molecular formula is C25H27N3O3S. The number of carbonyl (C=O) groups is 1. The van der Waals surface area contributed by atoms with Crippen LogP contribution >= 0.6 is 11.3 Å². The fourth-order valence-corrected chi connectivity index (χ4v) is 4.81. The lowest BCUT2D eigenvalue weighted by Crippen LogP contribution is -2.30. The first kappa shape index (κ1) is 22.1. The highest BCUT2D eigenvalue weighted by Crippen LogP contribution is 2.23. The van der Waals surface area contributed by atoms with Gasteiger partial charge in [0.1, 0.15) is 17.4 Å². The van der Waals surface area contributed by atoms with E-state index in [-0.39, 0.29) is 17.6 Å². The minimum Gasteiger partial charge on any atom is -0.467 e. The number of hydrogen-bond donors (Lipinski definition) is 0. The van der Waals surface area contributed by atoms with Crippen molar-refractivity contribution in [1.82, 2.24) is 9.47 Å². The first-order valence-corrected chi connectivity index (χ1v) is 11.7. The average Bonchev–Trinajstić information content (AvgIpc) is 3.59. The largest absolute Gasteiger partial charge is 0.467 e. The number of ether oxygens (including phenoxy) is 1. The van der Waals surface area contributed by atoms with Crippen molar-refractivity contribution in [3.8, 4) is 6.07 Å². The molecule has 1 fully saturated rings. The second kappa shape index (κ2) is 10.0. The molecule has 0 N–H and O–H groups in total. The predicted molar refractivity (Wildman–Crippen MR) is 124 cm³/mol. The highest BCUT2D eigenvalue weighted by atomic mass is 32.1. The number of aromatic nitrogens is 1. The fraction of sp³-hybridized carbons (Fsp3) is 0.360. The molecule has 4 rings (SSSR count). The SMILES string of the molecule is Cc1cc(/C=C(/C#N)C(=O)N(Cc2ccco2)Cc2cccs2)c(C)n1CC1CCCO1. The number of thiophene rings is 1. The van der Waals surface area contributed by atoms with Crippen LogP contribution in [0.25, 0.3) is 6.08 Å². The zero-order chi connectivity index (χ0) is 22.5. The predicted octanol–water partition coefficient (Wildman–Crippen LogP) is 5.07. The topological polar surface area (TPSA) is 71.4 Å². The zero-order valence-electron chi connectivity index (χ0n) is 18.4. The molecule has 1 aliphatic rings. The van der Waals surface area contributed by atoms with Crippen LogP contribution in [0.5, 0.6) is 0 Å². The second-order valence-corrected chi connectivity index (χ2v) is 9.09. The zero-order valence-corrected chi connectivity index (χ0v) is 19.2. The van der Waals surface area contributed by atoms with E-state index in [1.807, 2.05) is 43.5 Å². The molecule has 1 amide bonds. The van der Waals surface area contributed by atoms with Crippen molar-refractivity contribution in [2.45, 2.75) is 52.4 Å².